The highest BCUT2D eigenvalue weighted by Gasteiger charge is 2.35. The zero-order valence-electron chi connectivity index (χ0n) is 24.7. The van der Waals surface area contributed by atoms with Gasteiger partial charge in [0, 0.05) is 24.5 Å². The summed E-state index contributed by atoms with van der Waals surface area (Å²) in [6.45, 7) is 1.81. The molecule has 0 unspecified atom stereocenters. The number of nitrogens with one attached hydrogen (secondary N) is 1. The molecule has 4 aromatic rings. The maximum atomic E-state index is 14.5. The van der Waals surface area contributed by atoms with Crippen molar-refractivity contribution in [2.45, 2.75) is 43.7 Å². The lowest BCUT2D eigenvalue weighted by atomic mass is 10.0. The summed E-state index contributed by atoms with van der Waals surface area (Å²) in [5, 5.41) is 3.74. The molecule has 0 saturated carbocycles. The van der Waals surface area contributed by atoms with E-state index in [0.29, 0.717) is 17.1 Å². The van der Waals surface area contributed by atoms with Crippen LogP contribution in [-0.4, -0.2) is 44.3 Å². The Morgan fingerprint density at radius 3 is 2.09 bits per heavy atom. The fraction of sp³-hybridized carbons (Fsp3) is 0.235. The first-order valence-corrected chi connectivity index (χ1v) is 17.1. The van der Waals surface area contributed by atoms with Gasteiger partial charge in [0.2, 0.25) is 11.8 Å². The third-order valence-electron chi connectivity index (χ3n) is 7.20. The Kier molecular flexibility index (Phi) is 12.3. The van der Waals surface area contributed by atoms with Crippen molar-refractivity contribution >= 4 is 62.3 Å². The van der Waals surface area contributed by atoms with Crippen molar-refractivity contribution < 1.29 is 18.0 Å². The maximum absolute atomic E-state index is 14.5. The monoisotopic (exact) mass is 685 g/mol. The molecule has 0 spiro atoms. The lowest BCUT2D eigenvalue weighted by Crippen LogP contribution is -2.53. The van der Waals surface area contributed by atoms with Crippen molar-refractivity contribution in [1.29, 1.82) is 0 Å². The summed E-state index contributed by atoms with van der Waals surface area (Å²) in [4.78, 5) is 29.7. The van der Waals surface area contributed by atoms with Crippen LogP contribution in [0.2, 0.25) is 15.1 Å². The second-order valence-corrected chi connectivity index (χ2v) is 13.5. The highest BCUT2D eigenvalue weighted by molar-refractivity contribution is 7.92. The third-order valence-corrected chi connectivity index (χ3v) is 10.1. The highest BCUT2D eigenvalue weighted by atomic mass is 35.5. The lowest BCUT2D eigenvalue weighted by molar-refractivity contribution is -0.140. The zero-order chi connectivity index (χ0) is 32.4. The van der Waals surface area contributed by atoms with E-state index in [4.69, 9.17) is 34.8 Å². The Hall–Kier alpha value is -3.56. The van der Waals surface area contributed by atoms with Gasteiger partial charge in [-0.1, -0.05) is 115 Å². The van der Waals surface area contributed by atoms with Crippen LogP contribution in [0.15, 0.2) is 108 Å². The fourth-order valence-corrected chi connectivity index (χ4v) is 6.67. The first-order chi connectivity index (χ1) is 21.6. The summed E-state index contributed by atoms with van der Waals surface area (Å²) in [7, 11) is -4.26. The molecule has 7 nitrogen and oxygen atoms in total. The van der Waals surface area contributed by atoms with Crippen LogP contribution >= 0.6 is 34.8 Å². The second kappa shape index (κ2) is 16.1. The molecule has 0 radical (unpaired) electrons. The van der Waals surface area contributed by atoms with E-state index in [9.17, 15) is 18.0 Å². The molecule has 0 aromatic heterocycles. The average Bonchev–Trinajstić information content (AvgIpc) is 3.04. The average molecular weight is 687 g/mol. The summed E-state index contributed by atoms with van der Waals surface area (Å²) < 4.78 is 29.1. The molecule has 0 saturated heterocycles. The van der Waals surface area contributed by atoms with Crippen molar-refractivity contribution in [2.24, 2.45) is 0 Å². The van der Waals surface area contributed by atoms with Gasteiger partial charge in [0.15, 0.2) is 0 Å². The summed E-state index contributed by atoms with van der Waals surface area (Å²) in [5.74, 6) is -0.952. The van der Waals surface area contributed by atoms with Crippen molar-refractivity contribution in [3.05, 3.63) is 129 Å². The standard InChI is InChI=1S/C34H34Cl3N3O4S/c1-2-3-20-38-34(42)32(21-25-12-6-4-7-13-25)39(23-26-14-10-11-17-29(26)35)33(41)24-40(27-18-19-30(36)31(37)22-27)45(43,44)28-15-8-5-9-16-28/h4-19,22,32H,2-3,20-21,23-24H2,1H3,(H,38,42)/t32-/m1/s1. The predicted octanol–water partition coefficient (Wildman–Crippen LogP) is 7.40. The molecule has 2 amide bonds. The molecular formula is C34H34Cl3N3O4S. The Labute approximate surface area is 279 Å². The first-order valence-electron chi connectivity index (χ1n) is 14.5. The highest BCUT2D eigenvalue weighted by Crippen LogP contribution is 2.31. The van der Waals surface area contributed by atoms with Gasteiger partial charge in [-0.25, -0.2) is 8.42 Å². The van der Waals surface area contributed by atoms with E-state index in [2.05, 4.69) is 5.32 Å². The molecule has 0 aliphatic carbocycles. The summed E-state index contributed by atoms with van der Waals surface area (Å²) in [5.41, 5.74) is 1.59. The van der Waals surface area contributed by atoms with Crippen LogP contribution in [0, 0.1) is 0 Å². The normalized spacial score (nSPS) is 11.9. The van der Waals surface area contributed by atoms with Crippen LogP contribution < -0.4 is 9.62 Å². The van der Waals surface area contributed by atoms with Crippen LogP contribution in [0.4, 0.5) is 5.69 Å². The number of carbonyl (C=O) groups excluding carboxylic acids is 2. The van der Waals surface area contributed by atoms with Gasteiger partial charge in [-0.05, 0) is 53.9 Å². The van der Waals surface area contributed by atoms with Crippen LogP contribution in [0.3, 0.4) is 0 Å². The number of sulfonamides is 1. The number of halogens is 3. The topological polar surface area (TPSA) is 86.8 Å². The van der Waals surface area contributed by atoms with Crippen molar-refractivity contribution in [3.63, 3.8) is 0 Å². The molecule has 1 atom stereocenters. The first kappa shape index (κ1) is 34.3. The van der Waals surface area contributed by atoms with Crippen LogP contribution in [0.25, 0.3) is 0 Å². The molecule has 0 aliphatic rings. The number of anilines is 1. The quantitative estimate of drug-likeness (QED) is 0.140. The molecule has 4 rings (SSSR count). The number of carbonyl (C=O) groups is 2. The molecule has 0 aliphatic heterocycles. The third kappa shape index (κ3) is 9.01. The van der Waals surface area contributed by atoms with E-state index < -0.39 is 28.5 Å². The van der Waals surface area contributed by atoms with Crippen molar-refractivity contribution in [1.82, 2.24) is 10.2 Å². The van der Waals surface area contributed by atoms with E-state index in [0.717, 1.165) is 22.7 Å². The van der Waals surface area contributed by atoms with Crippen LogP contribution in [-0.2, 0) is 32.6 Å². The molecule has 0 heterocycles. The molecule has 4 aromatic carbocycles. The van der Waals surface area contributed by atoms with Crippen LogP contribution in [0.5, 0.6) is 0 Å². The van der Waals surface area contributed by atoms with Gasteiger partial charge >= 0.3 is 0 Å². The number of unbranched alkanes of at least 4 members (excludes halogenated alkanes) is 1. The summed E-state index contributed by atoms with van der Waals surface area (Å²) in [6.07, 6.45) is 1.84. The Morgan fingerprint density at radius 1 is 0.800 bits per heavy atom. The van der Waals surface area contributed by atoms with Gasteiger partial charge in [-0.2, -0.15) is 0 Å². The minimum Gasteiger partial charge on any atom is -0.354 e. The Bertz CT molecular complexity index is 1710. The number of hydrogen-bond acceptors (Lipinski definition) is 4. The van der Waals surface area contributed by atoms with E-state index in [1.54, 1.807) is 42.5 Å². The fourth-order valence-electron chi connectivity index (χ4n) is 4.76. The summed E-state index contributed by atoms with van der Waals surface area (Å²) in [6, 6.07) is 27.6. The molecular weight excluding hydrogens is 653 g/mol. The molecule has 1 N–H and O–H groups in total. The van der Waals surface area contributed by atoms with E-state index in [-0.39, 0.29) is 39.5 Å². The minimum atomic E-state index is -4.26. The number of hydrogen-bond donors (Lipinski definition) is 1. The summed E-state index contributed by atoms with van der Waals surface area (Å²) >= 11 is 19.0. The molecule has 0 fully saturated rings. The Morgan fingerprint density at radius 2 is 1.44 bits per heavy atom. The molecule has 11 heteroatoms. The molecule has 45 heavy (non-hydrogen) atoms. The molecule has 0 bridgehead atoms. The lowest BCUT2D eigenvalue weighted by Gasteiger charge is -2.34. The number of benzene rings is 4. The maximum Gasteiger partial charge on any atom is 0.264 e. The zero-order valence-corrected chi connectivity index (χ0v) is 27.8. The van der Waals surface area contributed by atoms with Gasteiger partial charge in [0.25, 0.3) is 10.0 Å². The minimum absolute atomic E-state index is 0.0142. The number of rotatable bonds is 14. The largest absolute Gasteiger partial charge is 0.354 e. The number of amides is 2. The molecule has 236 valence electrons. The second-order valence-electron chi connectivity index (χ2n) is 10.4. The van der Waals surface area contributed by atoms with Gasteiger partial charge < -0.3 is 10.2 Å². The SMILES string of the molecule is CCCCNC(=O)[C@@H](Cc1ccccc1)N(Cc1ccccc1Cl)C(=O)CN(c1ccc(Cl)c(Cl)c1)S(=O)(=O)c1ccccc1. The predicted molar refractivity (Wildman–Crippen MR) is 181 cm³/mol. The van der Waals surface area contributed by atoms with E-state index >= 15 is 0 Å². The smallest absolute Gasteiger partial charge is 0.264 e. The van der Waals surface area contributed by atoms with Crippen molar-refractivity contribution in [3.8, 4) is 0 Å². The number of nitrogens with zero attached hydrogens (tertiary/aromatic N) is 2. The van der Waals surface area contributed by atoms with Gasteiger partial charge in [-0.3, -0.25) is 13.9 Å². The van der Waals surface area contributed by atoms with E-state index in [1.807, 2.05) is 37.3 Å². The van der Waals surface area contributed by atoms with Crippen molar-refractivity contribution in [2.75, 3.05) is 17.4 Å². The van der Waals surface area contributed by atoms with Gasteiger partial charge in [0.1, 0.15) is 12.6 Å². The van der Waals surface area contributed by atoms with E-state index in [1.165, 1.54) is 35.2 Å². The van der Waals surface area contributed by atoms with Crippen LogP contribution in [0.1, 0.15) is 30.9 Å². The van der Waals surface area contributed by atoms with Gasteiger partial charge in [-0.15, -0.1) is 0 Å². The van der Waals surface area contributed by atoms with Gasteiger partial charge in [0.05, 0.1) is 20.6 Å². The Balaban J connectivity index is 1.81.